The Labute approximate surface area is 253 Å². The molecule has 2 heterocycles. The molecule has 0 saturated carbocycles. The van der Waals surface area contributed by atoms with Gasteiger partial charge in [-0.3, -0.25) is 9.59 Å². The van der Waals surface area contributed by atoms with Crippen LogP contribution < -0.4 is 5.32 Å². The van der Waals surface area contributed by atoms with Crippen LogP contribution >= 0.6 is 11.8 Å². The van der Waals surface area contributed by atoms with E-state index >= 15 is 0 Å². The Morgan fingerprint density at radius 2 is 1.77 bits per heavy atom. The quantitative estimate of drug-likeness (QED) is 0.190. The number of nitrogens with zero attached hydrogens (tertiary/aromatic N) is 4. The summed E-state index contributed by atoms with van der Waals surface area (Å²) < 4.78 is 14.8. The molecule has 1 amide bonds. The van der Waals surface area contributed by atoms with Crippen molar-refractivity contribution in [2.45, 2.75) is 56.4 Å². The van der Waals surface area contributed by atoms with E-state index in [1.165, 1.54) is 11.8 Å². The second-order valence-electron chi connectivity index (χ2n) is 10.3. The molecule has 0 spiro atoms. The number of rotatable bonds is 12. The van der Waals surface area contributed by atoms with Gasteiger partial charge in [0.25, 0.3) is 0 Å². The number of aliphatic hydroxyl groups is 1. The molecule has 0 aliphatic carbocycles. The first-order chi connectivity index (χ1) is 20.9. The maximum absolute atomic E-state index is 12.4. The molecule has 224 valence electrons. The van der Waals surface area contributed by atoms with Crippen LogP contribution in [0.25, 0.3) is 5.69 Å². The van der Waals surface area contributed by atoms with Crippen molar-refractivity contribution in [1.29, 1.82) is 0 Å². The van der Waals surface area contributed by atoms with Crippen LogP contribution in [-0.4, -0.2) is 54.2 Å². The van der Waals surface area contributed by atoms with Crippen LogP contribution in [0.3, 0.4) is 0 Å². The predicted molar refractivity (Wildman–Crippen MR) is 159 cm³/mol. The number of thioether (sulfide) groups is 1. The molecule has 1 aromatic heterocycles. The number of hydrogen-bond acceptors (Lipinski definition) is 9. The van der Waals surface area contributed by atoms with E-state index in [-0.39, 0.29) is 49.9 Å². The third-order valence-electron chi connectivity index (χ3n) is 7.18. The van der Waals surface area contributed by atoms with E-state index in [0.717, 1.165) is 22.4 Å². The maximum atomic E-state index is 12.4. The Balaban J connectivity index is 1.35. The molecule has 0 radical (unpaired) electrons. The first-order valence-electron chi connectivity index (χ1n) is 14.0. The number of aromatic nitrogens is 4. The third kappa shape index (κ3) is 7.85. The lowest BCUT2D eigenvalue weighted by Gasteiger charge is -2.41. The second-order valence-corrected chi connectivity index (χ2v) is 11.2. The molecule has 3 N–H and O–H groups in total. The zero-order chi connectivity index (χ0) is 30.2. The minimum Gasteiger partial charge on any atom is -0.481 e. The molecule has 4 unspecified atom stereocenters. The van der Waals surface area contributed by atoms with Crippen molar-refractivity contribution >= 4 is 29.3 Å². The average Bonchev–Trinajstić information content (AvgIpc) is 3.50. The lowest BCUT2D eigenvalue weighted by Crippen LogP contribution is -2.38. The Morgan fingerprint density at radius 1 is 0.977 bits per heavy atom. The van der Waals surface area contributed by atoms with Gasteiger partial charge in [0.2, 0.25) is 11.1 Å². The number of nitrogens with one attached hydrogen (secondary N) is 1. The largest absolute Gasteiger partial charge is 0.481 e. The highest BCUT2D eigenvalue weighted by atomic mass is 32.2. The molecule has 4 aromatic rings. The molecule has 11 nitrogen and oxygen atoms in total. The van der Waals surface area contributed by atoms with E-state index in [0.29, 0.717) is 16.6 Å². The third-order valence-corrected chi connectivity index (χ3v) is 8.19. The van der Waals surface area contributed by atoms with Crippen molar-refractivity contribution in [3.8, 4) is 5.69 Å². The molecule has 3 aromatic carbocycles. The fraction of sp³-hybridized carbons (Fsp3) is 0.323. The summed E-state index contributed by atoms with van der Waals surface area (Å²) in [5.41, 5.74) is 3.94. The van der Waals surface area contributed by atoms with E-state index in [9.17, 15) is 14.7 Å². The second kappa shape index (κ2) is 14.4. The van der Waals surface area contributed by atoms with Gasteiger partial charge in [0, 0.05) is 35.8 Å². The lowest BCUT2D eigenvalue weighted by atomic mass is 9.91. The molecule has 1 saturated heterocycles. The van der Waals surface area contributed by atoms with Gasteiger partial charge in [-0.05, 0) is 52.2 Å². The number of aliphatic carboxylic acids is 1. The van der Waals surface area contributed by atoms with Crippen molar-refractivity contribution in [2.75, 3.05) is 11.1 Å². The van der Waals surface area contributed by atoms with Gasteiger partial charge in [-0.2, -0.15) is 4.68 Å². The van der Waals surface area contributed by atoms with E-state index < -0.39 is 12.3 Å². The topological polar surface area (TPSA) is 149 Å². The average molecular weight is 604 g/mol. The van der Waals surface area contributed by atoms with Crippen molar-refractivity contribution in [3.63, 3.8) is 0 Å². The number of amides is 1. The smallest absolute Gasteiger partial charge is 0.303 e. The summed E-state index contributed by atoms with van der Waals surface area (Å²) in [6.07, 6.45) is -0.973. The Bertz CT molecular complexity index is 1520. The minimum absolute atomic E-state index is 0.0399. The number of para-hydroxylation sites is 1. The molecule has 43 heavy (non-hydrogen) atoms. The number of carbonyl (C=O) groups excluding carboxylic acids is 1. The highest BCUT2D eigenvalue weighted by molar-refractivity contribution is 7.99. The standard InChI is InChI=1S/C31H33N5O6S/c1-20-26(19-43-31-33-34-35-36(31)25-9-3-2-4-10-25)41-30(42-29(20)22-15-13-21(18-37)14-16-22)23-7-5-8-24(17-23)32-27(38)11-6-12-28(39)40/h2-5,7-10,13-17,20,26,29-30,37H,6,11-12,18-19H2,1H3,(H,32,38)(H,39,40). The highest BCUT2D eigenvalue weighted by Gasteiger charge is 2.38. The van der Waals surface area contributed by atoms with Crippen molar-refractivity contribution in [1.82, 2.24) is 20.2 Å². The highest BCUT2D eigenvalue weighted by Crippen LogP contribution is 2.43. The molecule has 12 heteroatoms. The van der Waals surface area contributed by atoms with Gasteiger partial charge in [0.15, 0.2) is 6.29 Å². The number of hydrogen-bond donors (Lipinski definition) is 3. The van der Waals surface area contributed by atoms with Crippen molar-refractivity contribution in [3.05, 3.63) is 95.6 Å². The first kappa shape index (κ1) is 30.4. The van der Waals surface area contributed by atoms with Crippen LogP contribution in [0.5, 0.6) is 0 Å². The number of aliphatic hydroxyl groups excluding tert-OH is 1. The fourth-order valence-electron chi connectivity index (χ4n) is 4.85. The maximum Gasteiger partial charge on any atom is 0.303 e. The van der Waals surface area contributed by atoms with E-state index in [1.807, 2.05) is 72.8 Å². The number of tetrazole rings is 1. The molecule has 4 atom stereocenters. The SMILES string of the molecule is CC1C(CSc2nnnn2-c2ccccc2)OC(c2cccc(NC(=O)CCCC(=O)O)c2)OC1c1ccc(CO)cc1. The summed E-state index contributed by atoms with van der Waals surface area (Å²) in [7, 11) is 0. The van der Waals surface area contributed by atoms with Crippen LogP contribution in [0.2, 0.25) is 0 Å². The van der Waals surface area contributed by atoms with Gasteiger partial charge in [0.1, 0.15) is 0 Å². The fourth-order valence-corrected chi connectivity index (χ4v) is 5.91. The number of benzene rings is 3. The minimum atomic E-state index is -0.930. The zero-order valence-corrected chi connectivity index (χ0v) is 24.4. The van der Waals surface area contributed by atoms with Gasteiger partial charge in [-0.1, -0.05) is 73.3 Å². The van der Waals surface area contributed by atoms with Crippen LogP contribution in [0.1, 0.15) is 55.3 Å². The van der Waals surface area contributed by atoms with E-state index in [2.05, 4.69) is 27.8 Å². The molecular weight excluding hydrogens is 570 g/mol. The molecule has 1 aliphatic rings. The summed E-state index contributed by atoms with van der Waals surface area (Å²) in [5.74, 6) is -0.674. The molecule has 1 aliphatic heterocycles. The predicted octanol–water partition coefficient (Wildman–Crippen LogP) is 4.93. The van der Waals surface area contributed by atoms with Crippen molar-refractivity contribution < 1.29 is 29.3 Å². The molecule has 1 fully saturated rings. The molecule has 5 rings (SSSR count). The van der Waals surface area contributed by atoms with Crippen LogP contribution in [0, 0.1) is 5.92 Å². The van der Waals surface area contributed by atoms with Gasteiger partial charge in [-0.25, -0.2) is 0 Å². The van der Waals surface area contributed by atoms with Gasteiger partial charge < -0.3 is 25.0 Å². The number of carbonyl (C=O) groups is 2. The van der Waals surface area contributed by atoms with E-state index in [1.54, 1.807) is 10.7 Å². The number of ether oxygens (including phenoxy) is 2. The van der Waals surface area contributed by atoms with Gasteiger partial charge in [0.05, 0.1) is 24.5 Å². The molecule has 0 bridgehead atoms. The Kier molecular flexibility index (Phi) is 10.2. The normalized spacial score (nSPS) is 20.0. The lowest BCUT2D eigenvalue weighted by molar-refractivity contribution is -0.268. The van der Waals surface area contributed by atoms with E-state index in [4.69, 9.17) is 14.6 Å². The van der Waals surface area contributed by atoms with Crippen molar-refractivity contribution in [2.24, 2.45) is 5.92 Å². The molecular formula is C31H33N5O6S. The zero-order valence-electron chi connectivity index (χ0n) is 23.6. The van der Waals surface area contributed by atoms with Gasteiger partial charge in [-0.15, -0.1) is 5.10 Å². The van der Waals surface area contributed by atoms with Gasteiger partial charge >= 0.3 is 5.97 Å². The Hall–Kier alpha value is -4.10. The monoisotopic (exact) mass is 603 g/mol. The summed E-state index contributed by atoms with van der Waals surface area (Å²) in [6, 6.07) is 24.6. The van der Waals surface area contributed by atoms with Crippen LogP contribution in [0.15, 0.2) is 84.0 Å². The number of anilines is 1. The first-order valence-corrected chi connectivity index (χ1v) is 15.0. The number of carboxylic acid groups (broad SMARTS) is 1. The Morgan fingerprint density at radius 3 is 2.51 bits per heavy atom. The summed E-state index contributed by atoms with van der Waals surface area (Å²) in [6.45, 7) is 2.04. The van der Waals surface area contributed by atoms with Crippen LogP contribution in [0.4, 0.5) is 5.69 Å². The number of carboxylic acids is 1. The summed E-state index contributed by atoms with van der Waals surface area (Å²) in [5, 5.41) is 34.1. The van der Waals surface area contributed by atoms with Crippen LogP contribution in [-0.2, 0) is 25.7 Å². The summed E-state index contributed by atoms with van der Waals surface area (Å²) >= 11 is 1.49. The summed E-state index contributed by atoms with van der Waals surface area (Å²) in [4.78, 5) is 23.2.